The van der Waals surface area contributed by atoms with Gasteiger partial charge in [-0.1, -0.05) is 13.8 Å². The number of phenols is 1. The largest absolute Gasteiger partial charge is 0.508 e. The maximum absolute atomic E-state index is 11.7. The van der Waals surface area contributed by atoms with E-state index in [9.17, 15) is 9.90 Å². The Morgan fingerprint density at radius 3 is 2.73 bits per heavy atom. The lowest BCUT2D eigenvalue weighted by molar-refractivity contribution is -0.117. The molecule has 0 saturated heterocycles. The number of fused-ring (bicyclic) bond motifs is 1. The van der Waals surface area contributed by atoms with E-state index >= 15 is 0 Å². The minimum Gasteiger partial charge on any atom is -0.508 e. The van der Waals surface area contributed by atoms with Crippen LogP contribution in [0.25, 0.3) is 0 Å². The van der Waals surface area contributed by atoms with Crippen LogP contribution < -0.4 is 10.6 Å². The molecule has 1 aromatic carbocycles. The van der Waals surface area contributed by atoms with Crippen LogP contribution in [0.3, 0.4) is 0 Å². The predicted octanol–water partition coefficient (Wildman–Crippen LogP) is 1.78. The van der Waals surface area contributed by atoms with E-state index in [4.69, 9.17) is 0 Å². The smallest absolute Gasteiger partial charge is 0.247 e. The fourth-order valence-corrected chi connectivity index (χ4v) is 1.67. The molecule has 0 unspecified atom stereocenters. The summed E-state index contributed by atoms with van der Waals surface area (Å²) in [5, 5.41) is 15.2. The molecule has 0 bridgehead atoms. The summed E-state index contributed by atoms with van der Waals surface area (Å²) in [6.07, 6.45) is 0. The maximum atomic E-state index is 11.7. The number of carbonyl (C=O) groups excluding carboxylic acids is 1. The fourth-order valence-electron chi connectivity index (χ4n) is 1.67. The second-order valence-corrected chi connectivity index (χ2v) is 4.09. The van der Waals surface area contributed by atoms with Gasteiger partial charge < -0.3 is 15.7 Å². The van der Waals surface area contributed by atoms with Crippen LogP contribution in [0.15, 0.2) is 18.2 Å². The van der Waals surface area contributed by atoms with Gasteiger partial charge in [0.25, 0.3) is 0 Å². The van der Waals surface area contributed by atoms with Gasteiger partial charge in [-0.05, 0) is 18.1 Å². The number of hydrogen-bond acceptors (Lipinski definition) is 3. The standard InChI is InChI=1S/C11H14N2O2/c1-6(2)10-11(15)13-9-5-7(14)3-4-8(9)12-10/h3-6,10,12,14H,1-2H3,(H,13,15)/t10-/m0/s1. The zero-order valence-corrected chi connectivity index (χ0v) is 8.74. The van der Waals surface area contributed by atoms with Crippen molar-refractivity contribution >= 4 is 17.3 Å². The number of rotatable bonds is 1. The van der Waals surface area contributed by atoms with Crippen molar-refractivity contribution in [3.63, 3.8) is 0 Å². The Labute approximate surface area is 88.3 Å². The SMILES string of the molecule is CC(C)[C@@H]1Nc2ccc(O)cc2NC1=O. The lowest BCUT2D eigenvalue weighted by Gasteiger charge is -2.29. The molecule has 0 spiro atoms. The summed E-state index contributed by atoms with van der Waals surface area (Å²) in [6, 6.07) is 4.69. The van der Waals surface area contributed by atoms with E-state index in [1.165, 1.54) is 6.07 Å². The zero-order chi connectivity index (χ0) is 11.0. The highest BCUT2D eigenvalue weighted by molar-refractivity contribution is 6.03. The van der Waals surface area contributed by atoms with Crippen molar-refractivity contribution in [3.8, 4) is 5.75 Å². The van der Waals surface area contributed by atoms with Gasteiger partial charge in [0.05, 0.1) is 11.4 Å². The summed E-state index contributed by atoms with van der Waals surface area (Å²) in [7, 11) is 0. The van der Waals surface area contributed by atoms with E-state index in [0.29, 0.717) is 5.69 Å². The molecule has 1 aliphatic heterocycles. The number of amides is 1. The third-order valence-corrected chi connectivity index (χ3v) is 2.52. The lowest BCUT2D eigenvalue weighted by Crippen LogP contribution is -2.42. The van der Waals surface area contributed by atoms with Crippen LogP contribution >= 0.6 is 0 Å². The van der Waals surface area contributed by atoms with Gasteiger partial charge in [-0.25, -0.2) is 0 Å². The first-order chi connectivity index (χ1) is 7.08. The normalized spacial score (nSPS) is 19.4. The second kappa shape index (κ2) is 3.46. The van der Waals surface area contributed by atoms with E-state index in [1.54, 1.807) is 12.1 Å². The Bertz CT molecular complexity index is 402. The Morgan fingerprint density at radius 2 is 2.07 bits per heavy atom. The number of anilines is 2. The monoisotopic (exact) mass is 206 g/mol. The van der Waals surface area contributed by atoms with Crippen LogP contribution in [0.5, 0.6) is 5.75 Å². The molecule has 1 atom stereocenters. The molecule has 1 amide bonds. The third kappa shape index (κ3) is 1.75. The number of nitrogens with one attached hydrogen (secondary N) is 2. The van der Waals surface area contributed by atoms with Crippen molar-refractivity contribution in [3.05, 3.63) is 18.2 Å². The average molecular weight is 206 g/mol. The van der Waals surface area contributed by atoms with Crippen molar-refractivity contribution in [2.75, 3.05) is 10.6 Å². The quantitative estimate of drug-likeness (QED) is 0.614. The molecule has 0 radical (unpaired) electrons. The summed E-state index contributed by atoms with van der Waals surface area (Å²) in [5.41, 5.74) is 1.49. The molecule has 1 aliphatic rings. The van der Waals surface area contributed by atoms with E-state index in [-0.39, 0.29) is 23.6 Å². The number of benzene rings is 1. The van der Waals surface area contributed by atoms with Gasteiger partial charge in [-0.2, -0.15) is 0 Å². The van der Waals surface area contributed by atoms with Gasteiger partial charge in [0.2, 0.25) is 5.91 Å². The molecule has 4 nitrogen and oxygen atoms in total. The highest BCUT2D eigenvalue weighted by atomic mass is 16.3. The highest BCUT2D eigenvalue weighted by Crippen LogP contribution is 2.31. The first kappa shape index (κ1) is 9.83. The number of carbonyl (C=O) groups is 1. The van der Waals surface area contributed by atoms with Crippen LogP contribution in [-0.4, -0.2) is 17.1 Å². The molecule has 80 valence electrons. The van der Waals surface area contributed by atoms with Crippen molar-refractivity contribution in [1.29, 1.82) is 0 Å². The Kier molecular flexibility index (Phi) is 2.26. The molecule has 0 aliphatic carbocycles. The van der Waals surface area contributed by atoms with Crippen molar-refractivity contribution in [2.24, 2.45) is 5.92 Å². The van der Waals surface area contributed by atoms with Gasteiger partial charge >= 0.3 is 0 Å². The summed E-state index contributed by atoms with van der Waals surface area (Å²) in [6.45, 7) is 3.98. The van der Waals surface area contributed by atoms with Gasteiger partial charge in [0.15, 0.2) is 0 Å². The van der Waals surface area contributed by atoms with Gasteiger partial charge in [0, 0.05) is 6.07 Å². The lowest BCUT2D eigenvalue weighted by atomic mass is 10.0. The molecule has 2 rings (SSSR count). The van der Waals surface area contributed by atoms with E-state index in [0.717, 1.165) is 5.69 Å². The number of hydrogen-bond donors (Lipinski definition) is 3. The highest BCUT2D eigenvalue weighted by Gasteiger charge is 2.27. The molecular formula is C11H14N2O2. The maximum Gasteiger partial charge on any atom is 0.247 e. The van der Waals surface area contributed by atoms with Crippen molar-refractivity contribution in [1.82, 2.24) is 0 Å². The molecule has 15 heavy (non-hydrogen) atoms. The fraction of sp³-hybridized carbons (Fsp3) is 0.364. The van der Waals surface area contributed by atoms with Gasteiger partial charge in [0.1, 0.15) is 11.8 Å². The third-order valence-electron chi connectivity index (χ3n) is 2.52. The zero-order valence-electron chi connectivity index (χ0n) is 8.74. The topological polar surface area (TPSA) is 61.4 Å². The molecule has 1 heterocycles. The predicted molar refractivity (Wildman–Crippen MR) is 59.0 cm³/mol. The molecular weight excluding hydrogens is 192 g/mol. The van der Waals surface area contributed by atoms with Crippen LogP contribution in [0.2, 0.25) is 0 Å². The molecule has 0 aromatic heterocycles. The molecule has 0 fully saturated rings. The van der Waals surface area contributed by atoms with Crippen LogP contribution in [0, 0.1) is 5.92 Å². The first-order valence-corrected chi connectivity index (χ1v) is 4.98. The number of phenolic OH excluding ortho intramolecular Hbond substituents is 1. The van der Waals surface area contributed by atoms with Gasteiger partial charge in [-0.3, -0.25) is 4.79 Å². The molecule has 3 N–H and O–H groups in total. The first-order valence-electron chi connectivity index (χ1n) is 4.98. The van der Waals surface area contributed by atoms with Crippen LogP contribution in [-0.2, 0) is 4.79 Å². The minimum atomic E-state index is -0.206. The van der Waals surface area contributed by atoms with Crippen LogP contribution in [0.1, 0.15) is 13.8 Å². The molecule has 1 aromatic rings. The van der Waals surface area contributed by atoms with E-state index < -0.39 is 0 Å². The molecule has 0 saturated carbocycles. The van der Waals surface area contributed by atoms with Crippen LogP contribution in [0.4, 0.5) is 11.4 Å². The number of aromatic hydroxyl groups is 1. The van der Waals surface area contributed by atoms with E-state index in [1.807, 2.05) is 13.8 Å². The summed E-state index contributed by atoms with van der Waals surface area (Å²) < 4.78 is 0. The Morgan fingerprint density at radius 1 is 1.33 bits per heavy atom. The van der Waals surface area contributed by atoms with Crippen molar-refractivity contribution < 1.29 is 9.90 Å². The average Bonchev–Trinajstić information content (AvgIpc) is 2.15. The molecule has 4 heteroatoms. The minimum absolute atomic E-state index is 0.0527. The summed E-state index contributed by atoms with van der Waals surface area (Å²) in [5.74, 6) is 0.328. The van der Waals surface area contributed by atoms with Gasteiger partial charge in [-0.15, -0.1) is 0 Å². The second-order valence-electron chi connectivity index (χ2n) is 4.09. The summed E-state index contributed by atoms with van der Waals surface area (Å²) in [4.78, 5) is 11.7. The van der Waals surface area contributed by atoms with E-state index in [2.05, 4.69) is 10.6 Å². The summed E-state index contributed by atoms with van der Waals surface area (Å²) >= 11 is 0. The van der Waals surface area contributed by atoms with Crippen molar-refractivity contribution in [2.45, 2.75) is 19.9 Å². The Balaban J connectivity index is 2.34. The Hall–Kier alpha value is -1.71.